The molecule has 5 nitrogen and oxygen atoms in total. The lowest BCUT2D eigenvalue weighted by Crippen LogP contribution is -2.30. The molecule has 0 aliphatic rings. The first kappa shape index (κ1) is 20.0. The normalized spacial score (nSPS) is 10.9. The second-order valence-corrected chi connectivity index (χ2v) is 7.88. The van der Waals surface area contributed by atoms with Crippen LogP contribution in [-0.2, 0) is 6.54 Å². The highest BCUT2D eigenvalue weighted by Gasteiger charge is 2.17. The Morgan fingerprint density at radius 3 is 2.50 bits per heavy atom. The summed E-state index contributed by atoms with van der Waals surface area (Å²) >= 11 is 3.38. The number of nitrogens with zero attached hydrogens (tertiary/aromatic N) is 2. The summed E-state index contributed by atoms with van der Waals surface area (Å²) in [7, 11) is 0. The molecule has 0 atom stereocenters. The van der Waals surface area contributed by atoms with E-state index in [2.05, 4.69) is 26.2 Å². The number of amides is 1. The van der Waals surface area contributed by atoms with Crippen LogP contribution in [0, 0.1) is 12.7 Å². The molecule has 0 aliphatic carbocycles. The minimum absolute atomic E-state index is 0.00471. The van der Waals surface area contributed by atoms with Crippen molar-refractivity contribution in [3.8, 4) is 0 Å². The molecular formula is C23H17BrFN3O2. The summed E-state index contributed by atoms with van der Waals surface area (Å²) in [6.07, 6.45) is 1.59. The van der Waals surface area contributed by atoms with E-state index in [1.807, 2.05) is 19.1 Å². The lowest BCUT2D eigenvalue weighted by Gasteiger charge is -2.13. The Bertz CT molecular complexity index is 1300. The molecule has 1 amide bonds. The van der Waals surface area contributed by atoms with Gasteiger partial charge in [0.15, 0.2) is 0 Å². The molecule has 30 heavy (non-hydrogen) atoms. The minimum atomic E-state index is -0.501. The van der Waals surface area contributed by atoms with Gasteiger partial charge in [-0.1, -0.05) is 29.8 Å². The van der Waals surface area contributed by atoms with Crippen molar-refractivity contribution in [1.29, 1.82) is 0 Å². The van der Waals surface area contributed by atoms with Gasteiger partial charge in [0.25, 0.3) is 11.5 Å². The van der Waals surface area contributed by atoms with Gasteiger partial charge in [-0.25, -0.2) is 9.37 Å². The Balaban J connectivity index is 1.80. The van der Waals surface area contributed by atoms with Crippen molar-refractivity contribution < 1.29 is 9.18 Å². The minimum Gasteiger partial charge on any atom is -0.322 e. The number of carbonyl (C=O) groups is 1. The molecule has 150 valence electrons. The number of aryl methyl sites for hydroxylation is 1. The van der Waals surface area contributed by atoms with E-state index >= 15 is 0 Å². The van der Waals surface area contributed by atoms with Crippen LogP contribution in [0.5, 0.6) is 0 Å². The summed E-state index contributed by atoms with van der Waals surface area (Å²) in [6, 6.07) is 16.5. The largest absolute Gasteiger partial charge is 0.322 e. The van der Waals surface area contributed by atoms with Crippen LogP contribution in [0.15, 0.2) is 76.1 Å². The molecule has 0 radical (unpaired) electrons. The number of nitrogens with one attached hydrogen (secondary N) is 1. The molecule has 2 heterocycles. The number of anilines is 1. The monoisotopic (exact) mass is 465 g/mol. The molecule has 0 spiro atoms. The predicted octanol–water partition coefficient (Wildman–Crippen LogP) is 4.91. The third kappa shape index (κ3) is 4.16. The van der Waals surface area contributed by atoms with Crippen molar-refractivity contribution in [1.82, 2.24) is 9.55 Å². The Kier molecular flexibility index (Phi) is 5.46. The first-order valence-corrected chi connectivity index (χ1v) is 10.0. The fourth-order valence-corrected chi connectivity index (χ4v) is 3.50. The average Bonchev–Trinajstić information content (AvgIpc) is 2.73. The van der Waals surface area contributed by atoms with Gasteiger partial charge < -0.3 is 5.32 Å². The Hall–Kier alpha value is -3.32. The molecule has 0 unspecified atom stereocenters. The Morgan fingerprint density at radius 1 is 1.10 bits per heavy atom. The van der Waals surface area contributed by atoms with Gasteiger partial charge in [0.1, 0.15) is 17.0 Å². The summed E-state index contributed by atoms with van der Waals surface area (Å²) < 4.78 is 15.4. The molecule has 0 saturated heterocycles. The first-order chi connectivity index (χ1) is 14.4. The third-order valence-corrected chi connectivity index (χ3v) is 5.13. The number of aromatic nitrogens is 2. The van der Waals surface area contributed by atoms with Gasteiger partial charge in [-0.15, -0.1) is 0 Å². The number of benzene rings is 2. The molecule has 4 aromatic rings. The van der Waals surface area contributed by atoms with Crippen LogP contribution >= 0.6 is 15.9 Å². The number of carbonyl (C=O) groups excluding carboxylic acids is 1. The molecule has 4 rings (SSSR count). The molecule has 7 heteroatoms. The number of pyridine rings is 2. The van der Waals surface area contributed by atoms with E-state index in [0.29, 0.717) is 16.7 Å². The van der Waals surface area contributed by atoms with Gasteiger partial charge in [0, 0.05) is 21.7 Å². The second kappa shape index (κ2) is 8.20. The summed E-state index contributed by atoms with van der Waals surface area (Å²) in [5.41, 5.74) is 2.37. The fraction of sp³-hybridized carbons (Fsp3) is 0.0870. The summed E-state index contributed by atoms with van der Waals surface area (Å²) in [5, 5.41) is 3.41. The van der Waals surface area contributed by atoms with Gasteiger partial charge in [-0.3, -0.25) is 14.2 Å². The van der Waals surface area contributed by atoms with Crippen LogP contribution in [0.1, 0.15) is 21.5 Å². The van der Waals surface area contributed by atoms with E-state index in [0.717, 1.165) is 15.6 Å². The molecular weight excluding hydrogens is 449 g/mol. The van der Waals surface area contributed by atoms with Crippen LogP contribution in [0.4, 0.5) is 10.1 Å². The highest BCUT2D eigenvalue weighted by Crippen LogP contribution is 2.19. The van der Waals surface area contributed by atoms with E-state index in [9.17, 15) is 14.0 Å². The second-order valence-electron chi connectivity index (χ2n) is 6.96. The Labute approximate surface area is 180 Å². The summed E-state index contributed by atoms with van der Waals surface area (Å²) in [6.45, 7) is 2.11. The van der Waals surface area contributed by atoms with Crippen LogP contribution in [0.3, 0.4) is 0 Å². The molecule has 0 fully saturated rings. The smallest absolute Gasteiger partial charge is 0.265 e. The lowest BCUT2D eigenvalue weighted by molar-refractivity contribution is 0.102. The van der Waals surface area contributed by atoms with Gasteiger partial charge in [-0.2, -0.15) is 0 Å². The predicted molar refractivity (Wildman–Crippen MR) is 118 cm³/mol. The lowest BCUT2D eigenvalue weighted by atomic mass is 10.1. The van der Waals surface area contributed by atoms with Crippen LogP contribution < -0.4 is 10.9 Å². The van der Waals surface area contributed by atoms with Crippen LogP contribution in [-0.4, -0.2) is 15.5 Å². The van der Waals surface area contributed by atoms with Crippen molar-refractivity contribution in [2.75, 3.05) is 5.32 Å². The van der Waals surface area contributed by atoms with E-state index < -0.39 is 11.5 Å². The molecule has 2 aromatic carbocycles. The fourth-order valence-electron chi connectivity index (χ4n) is 3.16. The zero-order valence-corrected chi connectivity index (χ0v) is 17.6. The third-order valence-electron chi connectivity index (χ3n) is 4.70. The zero-order chi connectivity index (χ0) is 21.3. The summed E-state index contributed by atoms with van der Waals surface area (Å²) in [5.74, 6) is -0.858. The number of rotatable bonds is 4. The van der Waals surface area contributed by atoms with Crippen molar-refractivity contribution in [2.45, 2.75) is 13.5 Å². The number of hydrogen-bond acceptors (Lipinski definition) is 3. The average molecular weight is 466 g/mol. The van der Waals surface area contributed by atoms with Crippen molar-refractivity contribution in [3.63, 3.8) is 0 Å². The van der Waals surface area contributed by atoms with Crippen LogP contribution in [0.25, 0.3) is 11.0 Å². The number of fused-ring (bicyclic) bond motifs is 1. The van der Waals surface area contributed by atoms with E-state index in [-0.39, 0.29) is 17.9 Å². The van der Waals surface area contributed by atoms with Crippen molar-refractivity contribution in [3.05, 3.63) is 104 Å². The zero-order valence-electron chi connectivity index (χ0n) is 16.0. The van der Waals surface area contributed by atoms with Crippen LogP contribution in [0.2, 0.25) is 0 Å². The quantitative estimate of drug-likeness (QED) is 0.465. The van der Waals surface area contributed by atoms with E-state index in [1.165, 1.54) is 16.7 Å². The molecule has 0 aliphatic heterocycles. The maximum absolute atomic E-state index is 13.3. The number of hydrogen-bond donors (Lipinski definition) is 1. The van der Waals surface area contributed by atoms with Gasteiger partial charge in [0.05, 0.1) is 6.54 Å². The topological polar surface area (TPSA) is 64.0 Å². The standard InChI is InChI=1S/C23H17BrFN3O2/c1-14-2-8-19(9-3-14)27-22(29)20-11-16-10-17(24)12-26-21(16)28(23(20)30)13-15-4-6-18(25)7-5-15/h2-12H,13H2,1H3,(H,27,29). The van der Waals surface area contributed by atoms with Crippen molar-refractivity contribution >= 4 is 38.6 Å². The summed E-state index contributed by atoms with van der Waals surface area (Å²) in [4.78, 5) is 30.5. The van der Waals surface area contributed by atoms with Gasteiger partial charge in [0.2, 0.25) is 0 Å². The maximum atomic E-state index is 13.3. The first-order valence-electron chi connectivity index (χ1n) is 9.22. The molecule has 1 N–H and O–H groups in total. The van der Waals surface area contributed by atoms with Gasteiger partial charge >= 0.3 is 0 Å². The highest BCUT2D eigenvalue weighted by molar-refractivity contribution is 9.10. The van der Waals surface area contributed by atoms with E-state index in [1.54, 1.807) is 42.6 Å². The Morgan fingerprint density at radius 2 is 1.80 bits per heavy atom. The maximum Gasteiger partial charge on any atom is 0.265 e. The highest BCUT2D eigenvalue weighted by atomic mass is 79.9. The van der Waals surface area contributed by atoms with Gasteiger partial charge in [-0.05, 0) is 64.8 Å². The molecule has 2 aromatic heterocycles. The SMILES string of the molecule is Cc1ccc(NC(=O)c2cc3cc(Br)cnc3n(Cc3ccc(F)cc3)c2=O)cc1. The number of halogens is 2. The van der Waals surface area contributed by atoms with Crippen molar-refractivity contribution in [2.24, 2.45) is 0 Å². The van der Waals surface area contributed by atoms with E-state index in [4.69, 9.17) is 0 Å². The molecule has 0 bridgehead atoms. The molecule has 0 saturated carbocycles.